The maximum absolute atomic E-state index is 3.61. The highest BCUT2D eigenvalue weighted by atomic mass is 79.9. The van der Waals surface area contributed by atoms with Crippen LogP contribution in [0.15, 0.2) is 22.7 Å². The number of likely N-dealkylation sites (N-methyl/N-ethyl adjacent to an activating group) is 1. The molecule has 0 aliphatic carbocycles. The lowest BCUT2D eigenvalue weighted by Crippen LogP contribution is -2.36. The Morgan fingerprint density at radius 2 is 2.22 bits per heavy atom. The van der Waals surface area contributed by atoms with Gasteiger partial charge in [-0.3, -0.25) is 4.90 Å². The van der Waals surface area contributed by atoms with Gasteiger partial charge < -0.3 is 5.32 Å². The van der Waals surface area contributed by atoms with Gasteiger partial charge in [0.05, 0.1) is 0 Å². The Kier molecular flexibility index (Phi) is 6.64. The predicted molar refractivity (Wildman–Crippen MR) is 83.5 cm³/mol. The van der Waals surface area contributed by atoms with Crippen LogP contribution in [0.25, 0.3) is 0 Å². The summed E-state index contributed by atoms with van der Waals surface area (Å²) < 4.78 is 1.22. The van der Waals surface area contributed by atoms with E-state index in [9.17, 15) is 0 Å². The maximum Gasteiger partial charge on any atom is 0.0237 e. The number of nitrogens with zero attached hydrogens (tertiary/aromatic N) is 1. The number of aryl methyl sites for hydroxylation is 1. The smallest absolute Gasteiger partial charge is 0.0237 e. The Morgan fingerprint density at radius 3 is 2.89 bits per heavy atom. The van der Waals surface area contributed by atoms with Crippen molar-refractivity contribution in [1.82, 2.24) is 10.2 Å². The molecule has 0 aromatic heterocycles. The molecule has 1 aromatic rings. The molecular weight excluding hydrogens is 312 g/mol. The molecule has 0 spiro atoms. The molecule has 1 N–H and O–H groups in total. The summed E-state index contributed by atoms with van der Waals surface area (Å²) in [5, 5.41) is 3.29. The number of rotatable bonds is 4. The lowest BCUT2D eigenvalue weighted by Gasteiger charge is -2.24. The first-order chi connectivity index (χ1) is 8.20. The Labute approximate surface area is 125 Å². The summed E-state index contributed by atoms with van der Waals surface area (Å²) in [6.07, 6.45) is 2.66. The van der Waals surface area contributed by atoms with E-state index in [1.807, 2.05) is 7.05 Å². The number of hydrogen-bond donors (Lipinski definition) is 1. The lowest BCUT2D eigenvalue weighted by molar-refractivity contribution is 0.242. The monoisotopic (exact) mass is 332 g/mol. The average Bonchev–Trinajstić information content (AvgIpc) is 2.72. The molecule has 1 aliphatic rings. The first-order valence-electron chi connectivity index (χ1n) is 6.34. The van der Waals surface area contributed by atoms with Crippen LogP contribution in [-0.2, 0) is 6.54 Å². The maximum atomic E-state index is 3.61. The molecule has 1 unspecified atom stereocenters. The van der Waals surface area contributed by atoms with Crippen LogP contribution in [0.4, 0.5) is 0 Å². The largest absolute Gasteiger partial charge is 0.318 e. The Morgan fingerprint density at radius 1 is 1.44 bits per heavy atom. The highest BCUT2D eigenvalue weighted by Crippen LogP contribution is 2.22. The summed E-state index contributed by atoms with van der Waals surface area (Å²) in [5.74, 6) is 0. The molecule has 0 radical (unpaired) electrons. The highest BCUT2D eigenvalue weighted by molar-refractivity contribution is 9.10. The van der Waals surface area contributed by atoms with Crippen LogP contribution in [0.1, 0.15) is 24.0 Å². The third kappa shape index (κ3) is 3.95. The van der Waals surface area contributed by atoms with Crippen molar-refractivity contribution in [2.24, 2.45) is 0 Å². The fourth-order valence-corrected chi connectivity index (χ4v) is 2.97. The van der Waals surface area contributed by atoms with Gasteiger partial charge >= 0.3 is 0 Å². The van der Waals surface area contributed by atoms with Crippen molar-refractivity contribution in [2.45, 2.75) is 32.4 Å². The topological polar surface area (TPSA) is 15.3 Å². The standard InChI is InChI=1S/C14H21BrN2.ClH/c1-11-5-6-12(8-14(11)15)10-17-7-3-4-13(17)9-16-2;/h5-6,8,13,16H,3-4,7,9-10H2,1-2H3;1H. The van der Waals surface area contributed by atoms with Crippen LogP contribution in [0, 0.1) is 6.92 Å². The van der Waals surface area contributed by atoms with Gasteiger partial charge in [-0.2, -0.15) is 0 Å². The van der Waals surface area contributed by atoms with Crippen molar-refractivity contribution >= 4 is 28.3 Å². The second-order valence-corrected chi connectivity index (χ2v) is 5.76. The Balaban J connectivity index is 0.00000162. The van der Waals surface area contributed by atoms with Gasteiger partial charge in [0.1, 0.15) is 0 Å². The zero-order valence-corrected chi connectivity index (χ0v) is 13.5. The molecule has 18 heavy (non-hydrogen) atoms. The first kappa shape index (κ1) is 16.0. The minimum Gasteiger partial charge on any atom is -0.318 e. The molecule has 1 aromatic carbocycles. The van der Waals surface area contributed by atoms with E-state index in [2.05, 4.69) is 51.3 Å². The van der Waals surface area contributed by atoms with Crippen molar-refractivity contribution in [3.05, 3.63) is 33.8 Å². The van der Waals surface area contributed by atoms with Crippen LogP contribution >= 0.6 is 28.3 Å². The molecule has 102 valence electrons. The van der Waals surface area contributed by atoms with Gasteiger partial charge in [0, 0.05) is 23.6 Å². The van der Waals surface area contributed by atoms with Gasteiger partial charge in [-0.1, -0.05) is 28.1 Å². The molecule has 2 nitrogen and oxygen atoms in total. The normalized spacial score (nSPS) is 19.8. The molecule has 1 atom stereocenters. The second-order valence-electron chi connectivity index (χ2n) is 4.91. The van der Waals surface area contributed by atoms with E-state index in [0.29, 0.717) is 6.04 Å². The summed E-state index contributed by atoms with van der Waals surface area (Å²) in [5.41, 5.74) is 2.72. The number of halogens is 2. The Bertz CT molecular complexity index is 384. The predicted octanol–water partition coefficient (Wildman–Crippen LogP) is 3.36. The van der Waals surface area contributed by atoms with Crippen molar-refractivity contribution < 1.29 is 0 Å². The zero-order valence-electron chi connectivity index (χ0n) is 11.1. The summed E-state index contributed by atoms with van der Waals surface area (Å²) in [6, 6.07) is 7.40. The minimum absolute atomic E-state index is 0. The number of nitrogens with one attached hydrogen (secondary N) is 1. The van der Waals surface area contributed by atoms with Crippen LogP contribution in [0.3, 0.4) is 0 Å². The second kappa shape index (κ2) is 7.49. The van der Waals surface area contributed by atoms with Gasteiger partial charge in [0.15, 0.2) is 0 Å². The average molecular weight is 334 g/mol. The fraction of sp³-hybridized carbons (Fsp3) is 0.571. The third-order valence-electron chi connectivity index (χ3n) is 3.56. The van der Waals surface area contributed by atoms with E-state index in [1.165, 1.54) is 35.0 Å². The highest BCUT2D eigenvalue weighted by Gasteiger charge is 2.23. The molecule has 1 saturated heterocycles. The molecule has 1 heterocycles. The number of likely N-dealkylation sites (tertiary alicyclic amines) is 1. The van der Waals surface area contributed by atoms with E-state index in [4.69, 9.17) is 0 Å². The van der Waals surface area contributed by atoms with Crippen molar-refractivity contribution in [3.63, 3.8) is 0 Å². The lowest BCUT2D eigenvalue weighted by atomic mass is 10.1. The number of benzene rings is 1. The van der Waals surface area contributed by atoms with Gasteiger partial charge in [-0.15, -0.1) is 12.4 Å². The van der Waals surface area contributed by atoms with E-state index in [-0.39, 0.29) is 12.4 Å². The van der Waals surface area contributed by atoms with Crippen LogP contribution < -0.4 is 5.32 Å². The molecule has 0 amide bonds. The van der Waals surface area contributed by atoms with E-state index in [0.717, 1.165) is 13.1 Å². The molecule has 1 aliphatic heterocycles. The van der Waals surface area contributed by atoms with E-state index >= 15 is 0 Å². The zero-order chi connectivity index (χ0) is 12.3. The quantitative estimate of drug-likeness (QED) is 0.909. The Hall–Kier alpha value is -0.0900. The molecule has 1 fully saturated rings. The minimum atomic E-state index is 0. The van der Waals surface area contributed by atoms with E-state index < -0.39 is 0 Å². The molecule has 0 bridgehead atoms. The molecule has 4 heteroatoms. The van der Waals surface area contributed by atoms with Crippen LogP contribution in [0.2, 0.25) is 0 Å². The van der Waals surface area contributed by atoms with Gasteiger partial charge in [0.2, 0.25) is 0 Å². The molecular formula is C14H22BrClN2. The summed E-state index contributed by atoms with van der Waals surface area (Å²) in [6.45, 7) is 5.55. The van der Waals surface area contributed by atoms with Gasteiger partial charge in [-0.25, -0.2) is 0 Å². The summed E-state index contributed by atoms with van der Waals surface area (Å²) >= 11 is 3.61. The SMILES string of the molecule is CNCC1CCCN1Cc1ccc(C)c(Br)c1.Cl. The van der Waals surface area contributed by atoms with Gasteiger partial charge in [-0.05, 0) is 50.6 Å². The van der Waals surface area contributed by atoms with Gasteiger partial charge in [0.25, 0.3) is 0 Å². The number of hydrogen-bond acceptors (Lipinski definition) is 2. The summed E-state index contributed by atoms with van der Waals surface area (Å²) in [4.78, 5) is 2.59. The first-order valence-corrected chi connectivity index (χ1v) is 7.13. The molecule has 0 saturated carbocycles. The molecule has 2 rings (SSSR count). The van der Waals surface area contributed by atoms with E-state index in [1.54, 1.807) is 0 Å². The van der Waals surface area contributed by atoms with Crippen molar-refractivity contribution in [3.8, 4) is 0 Å². The van der Waals surface area contributed by atoms with Crippen molar-refractivity contribution in [2.75, 3.05) is 20.1 Å². The third-order valence-corrected chi connectivity index (χ3v) is 4.42. The van der Waals surface area contributed by atoms with Crippen LogP contribution in [0.5, 0.6) is 0 Å². The van der Waals surface area contributed by atoms with Crippen molar-refractivity contribution in [1.29, 1.82) is 0 Å². The summed E-state index contributed by atoms with van der Waals surface area (Å²) in [7, 11) is 2.04. The van der Waals surface area contributed by atoms with Crippen LogP contribution in [-0.4, -0.2) is 31.1 Å². The fourth-order valence-electron chi connectivity index (χ4n) is 2.54.